The molecule has 0 aliphatic rings. The molecule has 1 atom stereocenters. The number of ether oxygens (including phenoxy) is 1. The van der Waals surface area contributed by atoms with Crippen LogP contribution in [0.4, 0.5) is 0 Å². The zero-order chi connectivity index (χ0) is 33.1. The first-order valence-electron chi connectivity index (χ1n) is 14.0. The van der Waals surface area contributed by atoms with Gasteiger partial charge in [0.25, 0.3) is 5.89 Å². The molecule has 4 rings (SSSR count). The molecule has 0 unspecified atom stereocenters. The van der Waals surface area contributed by atoms with Gasteiger partial charge in [-0.3, -0.25) is 14.4 Å². The number of carboxylic acid groups (broad SMARTS) is 1. The molecule has 1 amide bonds. The van der Waals surface area contributed by atoms with E-state index in [1.54, 1.807) is 25.1 Å². The lowest BCUT2D eigenvalue weighted by Crippen LogP contribution is -2.36. The SMILES string of the molecule is CCc1cc(-c2noc(-c3cc(C)cc(C=O)c3)n2)cc(C)c1OC[C@@H](O)CNC(=O)CO.Cc1cc(C=O)cc(C(=O)O)c1. The summed E-state index contributed by atoms with van der Waals surface area (Å²) in [5.41, 5.74) is 5.94. The van der Waals surface area contributed by atoms with Crippen LogP contribution in [0.5, 0.6) is 5.75 Å². The van der Waals surface area contributed by atoms with Gasteiger partial charge in [-0.1, -0.05) is 12.1 Å². The molecule has 45 heavy (non-hydrogen) atoms. The predicted octanol–water partition coefficient (Wildman–Crippen LogP) is 3.75. The van der Waals surface area contributed by atoms with E-state index in [2.05, 4.69) is 15.5 Å². The van der Waals surface area contributed by atoms with Crippen molar-refractivity contribution >= 4 is 24.4 Å². The maximum absolute atomic E-state index is 11.2. The summed E-state index contributed by atoms with van der Waals surface area (Å²) in [5.74, 6) is -0.193. The highest BCUT2D eigenvalue weighted by molar-refractivity contribution is 5.90. The molecule has 0 aliphatic heterocycles. The Balaban J connectivity index is 0.000000385. The Hall–Kier alpha value is -5.20. The van der Waals surface area contributed by atoms with Crippen LogP contribution in [0.3, 0.4) is 0 Å². The third-order valence-electron chi connectivity index (χ3n) is 6.48. The molecule has 0 saturated heterocycles. The molecule has 0 bridgehead atoms. The highest BCUT2D eigenvalue weighted by Crippen LogP contribution is 2.31. The average molecular weight is 618 g/mol. The molecule has 0 radical (unpaired) electrons. The van der Waals surface area contributed by atoms with Crippen LogP contribution in [0.1, 0.15) is 60.3 Å². The quantitative estimate of drug-likeness (QED) is 0.169. The number of amides is 1. The van der Waals surface area contributed by atoms with Crippen molar-refractivity contribution in [3.63, 3.8) is 0 Å². The zero-order valence-electron chi connectivity index (χ0n) is 25.4. The third-order valence-corrected chi connectivity index (χ3v) is 6.48. The van der Waals surface area contributed by atoms with Crippen molar-refractivity contribution in [2.75, 3.05) is 19.8 Å². The van der Waals surface area contributed by atoms with Gasteiger partial charge in [0, 0.05) is 28.8 Å². The molecule has 12 nitrogen and oxygen atoms in total. The van der Waals surface area contributed by atoms with Gasteiger partial charge in [-0.25, -0.2) is 4.79 Å². The van der Waals surface area contributed by atoms with E-state index in [-0.39, 0.29) is 18.7 Å². The van der Waals surface area contributed by atoms with Crippen molar-refractivity contribution in [3.05, 3.63) is 87.5 Å². The number of aliphatic hydroxyl groups is 2. The van der Waals surface area contributed by atoms with Crippen molar-refractivity contribution in [1.82, 2.24) is 15.5 Å². The minimum Gasteiger partial charge on any atom is -0.490 e. The van der Waals surface area contributed by atoms with Crippen LogP contribution in [-0.4, -0.2) is 75.8 Å². The molecule has 0 aliphatic carbocycles. The fourth-order valence-electron chi connectivity index (χ4n) is 4.44. The molecule has 0 saturated carbocycles. The smallest absolute Gasteiger partial charge is 0.335 e. The summed E-state index contributed by atoms with van der Waals surface area (Å²) in [4.78, 5) is 47.6. The van der Waals surface area contributed by atoms with Crippen molar-refractivity contribution in [2.24, 2.45) is 0 Å². The molecule has 1 heterocycles. The second-order valence-electron chi connectivity index (χ2n) is 10.3. The molecule has 236 valence electrons. The summed E-state index contributed by atoms with van der Waals surface area (Å²) in [6.07, 6.45) is 1.17. The minimum absolute atomic E-state index is 0.0162. The van der Waals surface area contributed by atoms with E-state index in [9.17, 15) is 24.3 Å². The van der Waals surface area contributed by atoms with Gasteiger partial charge in [-0.05, 0) is 98.0 Å². The highest BCUT2D eigenvalue weighted by atomic mass is 16.5. The second-order valence-corrected chi connectivity index (χ2v) is 10.3. The average Bonchev–Trinajstić information content (AvgIpc) is 3.53. The van der Waals surface area contributed by atoms with E-state index in [1.807, 2.05) is 39.0 Å². The van der Waals surface area contributed by atoms with E-state index in [0.717, 1.165) is 34.1 Å². The Bertz CT molecular complexity index is 1680. The Morgan fingerprint density at radius 3 is 2.24 bits per heavy atom. The molecule has 0 spiro atoms. The lowest BCUT2D eigenvalue weighted by Gasteiger charge is -2.17. The lowest BCUT2D eigenvalue weighted by molar-refractivity contribution is -0.124. The monoisotopic (exact) mass is 617 g/mol. The fraction of sp³-hybridized carbons (Fsp3) is 0.273. The van der Waals surface area contributed by atoms with Crippen molar-refractivity contribution < 1.29 is 43.8 Å². The van der Waals surface area contributed by atoms with Gasteiger partial charge in [-0.2, -0.15) is 4.98 Å². The summed E-state index contributed by atoms with van der Waals surface area (Å²) in [7, 11) is 0. The minimum atomic E-state index is -1.01. The number of hydrogen-bond acceptors (Lipinski definition) is 10. The second kappa shape index (κ2) is 16.0. The molecule has 0 fully saturated rings. The van der Waals surface area contributed by atoms with Crippen molar-refractivity contribution in [2.45, 2.75) is 40.2 Å². The molecular formula is C33H35N3O9. The first-order valence-corrected chi connectivity index (χ1v) is 14.0. The predicted molar refractivity (Wildman–Crippen MR) is 165 cm³/mol. The maximum Gasteiger partial charge on any atom is 0.335 e. The van der Waals surface area contributed by atoms with Gasteiger partial charge in [-0.15, -0.1) is 0 Å². The summed E-state index contributed by atoms with van der Waals surface area (Å²) in [6.45, 7) is 6.84. The van der Waals surface area contributed by atoms with Crippen LogP contribution in [0.15, 0.2) is 53.1 Å². The Morgan fingerprint density at radius 1 is 0.956 bits per heavy atom. The van der Waals surface area contributed by atoms with Crippen molar-refractivity contribution in [3.8, 4) is 28.6 Å². The molecule has 4 N–H and O–H groups in total. The van der Waals surface area contributed by atoms with Crippen LogP contribution >= 0.6 is 0 Å². The summed E-state index contributed by atoms with van der Waals surface area (Å²) >= 11 is 0. The van der Waals surface area contributed by atoms with E-state index in [1.165, 1.54) is 12.1 Å². The van der Waals surface area contributed by atoms with Gasteiger partial charge < -0.3 is 29.9 Å². The fourth-order valence-corrected chi connectivity index (χ4v) is 4.44. The van der Waals surface area contributed by atoms with Gasteiger partial charge >= 0.3 is 5.97 Å². The molecule has 4 aromatic rings. The van der Waals surface area contributed by atoms with Gasteiger partial charge in [0.05, 0.1) is 5.56 Å². The summed E-state index contributed by atoms with van der Waals surface area (Å²) in [5, 5.41) is 33.9. The first kappa shape index (κ1) is 34.3. The number of carboxylic acids is 1. The van der Waals surface area contributed by atoms with Crippen LogP contribution in [0.2, 0.25) is 0 Å². The number of nitrogens with one attached hydrogen (secondary N) is 1. The number of benzene rings is 3. The number of aromatic carboxylic acids is 1. The number of aryl methyl sites for hydroxylation is 4. The summed E-state index contributed by atoms with van der Waals surface area (Å²) in [6, 6.07) is 13.6. The van der Waals surface area contributed by atoms with Gasteiger partial charge in [0.1, 0.15) is 37.6 Å². The van der Waals surface area contributed by atoms with Crippen LogP contribution in [0, 0.1) is 20.8 Å². The Morgan fingerprint density at radius 2 is 1.62 bits per heavy atom. The number of aromatic nitrogens is 2. The van der Waals surface area contributed by atoms with E-state index < -0.39 is 24.6 Å². The van der Waals surface area contributed by atoms with Crippen LogP contribution in [0.25, 0.3) is 22.8 Å². The Labute approximate surface area is 259 Å². The molecule has 12 heteroatoms. The van der Waals surface area contributed by atoms with Gasteiger partial charge in [0.15, 0.2) is 0 Å². The number of hydrogen-bond donors (Lipinski definition) is 4. The number of rotatable bonds is 12. The summed E-state index contributed by atoms with van der Waals surface area (Å²) < 4.78 is 11.3. The third kappa shape index (κ3) is 9.65. The first-order chi connectivity index (χ1) is 21.5. The van der Waals surface area contributed by atoms with Gasteiger partial charge in [0.2, 0.25) is 11.7 Å². The standard InChI is InChI=1S/C24H27N3O6.C9H8O3/c1-4-17-9-18(7-15(3)22(17)32-13-20(30)10-25-21(31)12-29)23-26-24(33-27-23)19-6-14(2)5-16(8-19)11-28;1-6-2-7(5-10)4-8(3-6)9(11)12/h5-9,11,20,29-30H,4,10,12-13H2,1-3H3,(H,25,31);2-5H,1H3,(H,11,12)/t20-;/m0./s1. The topological polar surface area (TPSA) is 189 Å². The van der Waals surface area contributed by atoms with E-state index in [4.69, 9.17) is 19.5 Å². The number of nitrogens with zero attached hydrogens (tertiary/aromatic N) is 2. The van der Waals surface area contributed by atoms with Crippen molar-refractivity contribution in [1.29, 1.82) is 0 Å². The van der Waals surface area contributed by atoms with Crippen LogP contribution < -0.4 is 10.1 Å². The zero-order valence-corrected chi connectivity index (χ0v) is 25.4. The molecular weight excluding hydrogens is 582 g/mol. The number of aliphatic hydroxyl groups excluding tert-OH is 2. The van der Waals surface area contributed by atoms with E-state index >= 15 is 0 Å². The largest absolute Gasteiger partial charge is 0.490 e. The maximum atomic E-state index is 11.2. The van der Waals surface area contributed by atoms with E-state index in [0.29, 0.717) is 46.9 Å². The lowest BCUT2D eigenvalue weighted by atomic mass is 10.0. The molecule has 1 aromatic heterocycles. The molecule has 3 aromatic carbocycles. The highest BCUT2D eigenvalue weighted by Gasteiger charge is 2.17. The number of carbonyl (C=O) groups excluding carboxylic acids is 3. The van der Waals surface area contributed by atoms with Crippen LogP contribution in [-0.2, 0) is 11.2 Å². The number of carbonyl (C=O) groups is 4. The normalized spacial score (nSPS) is 11.2. The number of aldehydes is 2. The Kier molecular flexibility index (Phi) is 12.2.